The molecule has 12 heteroatoms. The summed E-state index contributed by atoms with van der Waals surface area (Å²) in [5.74, 6) is 0.360. The fourth-order valence-electron chi connectivity index (χ4n) is 6.04. The number of hydrogen-bond donors (Lipinski definition) is 3. The average Bonchev–Trinajstić information content (AvgIpc) is 3.55. The minimum atomic E-state index is -1.38. The first-order valence-corrected chi connectivity index (χ1v) is 17.7. The minimum absolute atomic E-state index is 0.0689. The maximum Gasteiger partial charge on any atom is 0.408 e. The molecule has 2 heterocycles. The molecule has 12 nitrogen and oxygen atoms in total. The topological polar surface area (TPSA) is 144 Å². The number of anilines is 1. The van der Waals surface area contributed by atoms with Crippen molar-refractivity contribution in [3.8, 4) is 5.75 Å². The molecule has 1 aliphatic rings. The Kier molecular flexibility index (Phi) is 12.5. The molecule has 0 aliphatic carbocycles. The number of carbonyl (C=O) groups is 4. The van der Waals surface area contributed by atoms with Gasteiger partial charge in [-0.25, -0.2) is 9.78 Å². The zero-order valence-electron chi connectivity index (χ0n) is 31.2. The number of ether oxygens (including phenoxy) is 2. The molecule has 1 saturated heterocycles. The molecular formula is C39H54N6O6. The minimum Gasteiger partial charge on any atom is -0.497 e. The van der Waals surface area contributed by atoms with Gasteiger partial charge in [0.2, 0.25) is 11.8 Å². The second-order valence-corrected chi connectivity index (χ2v) is 15.1. The van der Waals surface area contributed by atoms with Gasteiger partial charge in [0.1, 0.15) is 28.5 Å². The first kappa shape index (κ1) is 38.9. The second kappa shape index (κ2) is 16.4. The normalized spacial score (nSPS) is 15.6. The highest BCUT2D eigenvalue weighted by Gasteiger charge is 2.41. The number of nitrogens with zero attached hydrogens (tertiary/aromatic N) is 3. The predicted octanol–water partition coefficient (Wildman–Crippen LogP) is 5.66. The van der Waals surface area contributed by atoms with Crippen molar-refractivity contribution in [2.24, 2.45) is 5.92 Å². The Balaban J connectivity index is 1.56. The van der Waals surface area contributed by atoms with E-state index >= 15 is 0 Å². The fraction of sp³-hybridized carbons (Fsp3) is 0.513. The molecule has 4 amide bonds. The molecule has 276 valence electrons. The van der Waals surface area contributed by atoms with Crippen molar-refractivity contribution in [3.63, 3.8) is 0 Å². The summed E-state index contributed by atoms with van der Waals surface area (Å²) in [6.45, 7) is 13.7. The average molecular weight is 703 g/mol. The van der Waals surface area contributed by atoms with Crippen LogP contribution in [0.3, 0.4) is 0 Å². The van der Waals surface area contributed by atoms with Gasteiger partial charge in [0.05, 0.1) is 13.4 Å². The van der Waals surface area contributed by atoms with E-state index in [-0.39, 0.29) is 11.7 Å². The molecule has 0 saturated carbocycles. The molecule has 3 N–H and O–H groups in total. The molecule has 3 aromatic rings. The zero-order chi connectivity index (χ0) is 37.4. The standard InChI is InChI=1S/C39H54N6O6/c1-27-21-23-44(24-22-27)35(48)39(7,29-17-19-30(50-8)20-18-29)45-25-32(40-26-45)42-33(46)31(16-12-15-28-13-10-9-11-14-28)41-34(47)38(5,6)43-36(49)51-37(2,3)4/h9-11,13-14,17-20,25-27,31H,12,15-16,21-24H2,1-8H3,(H,41,47)(H,42,46)(H,43,49)/t31-,39?/m1/s1. The first-order valence-electron chi connectivity index (χ1n) is 17.7. The highest BCUT2D eigenvalue weighted by molar-refractivity contribution is 5.98. The number of likely N-dealkylation sites (tertiary alicyclic amines) is 1. The second-order valence-electron chi connectivity index (χ2n) is 15.1. The predicted molar refractivity (Wildman–Crippen MR) is 196 cm³/mol. The van der Waals surface area contributed by atoms with Crippen molar-refractivity contribution in [1.29, 1.82) is 0 Å². The van der Waals surface area contributed by atoms with Gasteiger partial charge in [-0.2, -0.15) is 0 Å². The quantitative estimate of drug-likeness (QED) is 0.209. The van der Waals surface area contributed by atoms with Crippen LogP contribution in [0.4, 0.5) is 10.6 Å². The lowest BCUT2D eigenvalue weighted by Crippen LogP contribution is -2.58. The Morgan fingerprint density at radius 3 is 2.20 bits per heavy atom. The van der Waals surface area contributed by atoms with Gasteiger partial charge in [0.15, 0.2) is 5.82 Å². The maximum absolute atomic E-state index is 14.3. The molecule has 4 rings (SSSR count). The number of nitrogens with one attached hydrogen (secondary N) is 3. The van der Waals surface area contributed by atoms with E-state index in [1.165, 1.54) is 0 Å². The van der Waals surface area contributed by atoms with Gasteiger partial charge >= 0.3 is 6.09 Å². The maximum atomic E-state index is 14.3. The van der Waals surface area contributed by atoms with Crippen molar-refractivity contribution in [2.75, 3.05) is 25.5 Å². The zero-order valence-corrected chi connectivity index (χ0v) is 31.2. The number of hydrogen-bond acceptors (Lipinski definition) is 7. The van der Waals surface area contributed by atoms with Crippen LogP contribution in [0.1, 0.15) is 85.3 Å². The summed E-state index contributed by atoms with van der Waals surface area (Å²) in [7, 11) is 1.59. The van der Waals surface area contributed by atoms with Crippen LogP contribution in [-0.4, -0.2) is 75.6 Å². The van der Waals surface area contributed by atoms with E-state index in [1.54, 1.807) is 58.8 Å². The van der Waals surface area contributed by atoms with Crippen LogP contribution in [0.25, 0.3) is 0 Å². The van der Waals surface area contributed by atoms with Crippen molar-refractivity contribution < 1.29 is 28.7 Å². The Hall–Kier alpha value is -4.87. The summed E-state index contributed by atoms with van der Waals surface area (Å²) in [5, 5.41) is 8.31. The van der Waals surface area contributed by atoms with E-state index in [4.69, 9.17) is 9.47 Å². The summed E-state index contributed by atoms with van der Waals surface area (Å²) in [4.78, 5) is 60.6. The van der Waals surface area contributed by atoms with Gasteiger partial charge in [-0.15, -0.1) is 0 Å². The number of carbonyl (C=O) groups excluding carboxylic acids is 4. The molecule has 2 atom stereocenters. The van der Waals surface area contributed by atoms with Gasteiger partial charge in [0.25, 0.3) is 5.91 Å². The van der Waals surface area contributed by atoms with Crippen LogP contribution in [0.5, 0.6) is 5.75 Å². The Labute approximate surface area is 301 Å². The van der Waals surface area contributed by atoms with Gasteiger partial charge in [-0.1, -0.05) is 49.4 Å². The van der Waals surface area contributed by atoms with Crippen molar-refractivity contribution in [1.82, 2.24) is 25.1 Å². The number of imidazole rings is 1. The molecule has 1 aliphatic heterocycles. The summed E-state index contributed by atoms with van der Waals surface area (Å²) in [6, 6.07) is 16.3. The van der Waals surface area contributed by atoms with Crippen LogP contribution in [0.2, 0.25) is 0 Å². The van der Waals surface area contributed by atoms with E-state index in [9.17, 15) is 19.2 Å². The van der Waals surface area contributed by atoms with E-state index in [2.05, 4.69) is 27.9 Å². The third kappa shape index (κ3) is 10.3. The van der Waals surface area contributed by atoms with Crippen molar-refractivity contribution in [2.45, 2.75) is 103 Å². The van der Waals surface area contributed by atoms with E-state index in [0.717, 1.165) is 24.0 Å². The number of piperidine rings is 1. The molecule has 1 fully saturated rings. The van der Waals surface area contributed by atoms with E-state index < -0.39 is 40.6 Å². The monoisotopic (exact) mass is 702 g/mol. The summed E-state index contributed by atoms with van der Waals surface area (Å²) in [6.07, 6.45) is 5.93. The summed E-state index contributed by atoms with van der Waals surface area (Å²) < 4.78 is 12.4. The Morgan fingerprint density at radius 1 is 0.941 bits per heavy atom. The number of rotatable bonds is 13. The fourth-order valence-corrected chi connectivity index (χ4v) is 6.04. The molecule has 0 radical (unpaired) electrons. The molecule has 2 aromatic carbocycles. The number of aryl methyl sites for hydroxylation is 1. The number of methoxy groups -OCH3 is 1. The smallest absolute Gasteiger partial charge is 0.408 e. The molecule has 0 bridgehead atoms. The van der Waals surface area contributed by atoms with Gasteiger partial charge in [-0.05, 0) is 103 Å². The molecule has 1 unspecified atom stereocenters. The number of aromatic nitrogens is 2. The number of amides is 4. The third-order valence-electron chi connectivity index (χ3n) is 9.29. The van der Waals surface area contributed by atoms with Crippen molar-refractivity contribution >= 4 is 29.6 Å². The highest BCUT2D eigenvalue weighted by atomic mass is 16.6. The largest absolute Gasteiger partial charge is 0.497 e. The number of alkyl carbamates (subject to hydrolysis) is 1. The first-order chi connectivity index (χ1) is 24.0. The highest BCUT2D eigenvalue weighted by Crippen LogP contribution is 2.32. The van der Waals surface area contributed by atoms with E-state index in [0.29, 0.717) is 44.0 Å². The van der Waals surface area contributed by atoms with Gasteiger partial charge in [0, 0.05) is 19.3 Å². The van der Waals surface area contributed by atoms with Crippen LogP contribution < -0.4 is 20.7 Å². The van der Waals surface area contributed by atoms with Gasteiger partial charge in [-0.3, -0.25) is 14.4 Å². The van der Waals surface area contributed by atoms with Crippen LogP contribution in [0, 0.1) is 5.92 Å². The lowest BCUT2D eigenvalue weighted by Gasteiger charge is -2.39. The van der Waals surface area contributed by atoms with Crippen LogP contribution >= 0.6 is 0 Å². The lowest BCUT2D eigenvalue weighted by atomic mass is 9.88. The molecule has 51 heavy (non-hydrogen) atoms. The summed E-state index contributed by atoms with van der Waals surface area (Å²) >= 11 is 0. The van der Waals surface area contributed by atoms with E-state index in [1.807, 2.05) is 66.4 Å². The van der Waals surface area contributed by atoms with Crippen molar-refractivity contribution in [3.05, 3.63) is 78.2 Å². The number of benzene rings is 2. The molecular weight excluding hydrogens is 648 g/mol. The van der Waals surface area contributed by atoms with Crippen LogP contribution in [0.15, 0.2) is 67.1 Å². The van der Waals surface area contributed by atoms with Gasteiger partial charge < -0.3 is 34.9 Å². The SMILES string of the molecule is COc1ccc(C(C)(C(=O)N2CCC(C)CC2)n2cnc(NC(=O)[C@@H](CCCc3ccccc3)NC(=O)C(C)(C)NC(=O)OC(C)(C)C)c2)cc1. The Morgan fingerprint density at radius 2 is 1.59 bits per heavy atom. The lowest BCUT2D eigenvalue weighted by molar-refractivity contribution is -0.139. The Bertz CT molecular complexity index is 1640. The third-order valence-corrected chi connectivity index (χ3v) is 9.29. The molecule has 0 spiro atoms. The molecule has 1 aromatic heterocycles. The van der Waals surface area contributed by atoms with Crippen LogP contribution in [-0.2, 0) is 31.1 Å². The summed E-state index contributed by atoms with van der Waals surface area (Å²) in [5.41, 5.74) is -1.44.